The number of rotatable bonds is 3. The van der Waals surface area contributed by atoms with Gasteiger partial charge in [0.25, 0.3) is 0 Å². The van der Waals surface area contributed by atoms with Gasteiger partial charge >= 0.3 is 0 Å². The van der Waals surface area contributed by atoms with Gasteiger partial charge in [-0.3, -0.25) is 4.79 Å². The first-order valence-electron chi connectivity index (χ1n) is 10.5. The first kappa shape index (κ1) is 20.7. The fourth-order valence-electron chi connectivity index (χ4n) is 5.01. The number of carbonyl (C=O) groups excluding carboxylic acids is 1. The minimum Gasteiger partial charge on any atom is -0.491 e. The Morgan fingerprint density at radius 2 is 1.94 bits per heavy atom. The maximum atomic E-state index is 13.7. The predicted molar refractivity (Wildman–Crippen MR) is 123 cm³/mol. The van der Waals surface area contributed by atoms with Crippen molar-refractivity contribution in [3.05, 3.63) is 63.3 Å². The lowest BCUT2D eigenvalue weighted by molar-refractivity contribution is -0.141. The number of aryl methyl sites for hydroxylation is 1. The van der Waals surface area contributed by atoms with Gasteiger partial charge in [-0.1, -0.05) is 41.9 Å². The number of ketones is 1. The molecule has 5 nitrogen and oxygen atoms in total. The second-order valence-electron chi connectivity index (χ2n) is 9.37. The van der Waals surface area contributed by atoms with Crippen LogP contribution in [0.15, 0.2) is 40.9 Å². The van der Waals surface area contributed by atoms with Crippen molar-refractivity contribution in [1.82, 2.24) is 4.57 Å². The number of halogens is 1. The van der Waals surface area contributed by atoms with E-state index in [2.05, 4.69) is 40.4 Å². The summed E-state index contributed by atoms with van der Waals surface area (Å²) in [4.78, 5) is 13.7. The summed E-state index contributed by atoms with van der Waals surface area (Å²) in [7, 11) is 2.04. The molecule has 2 heterocycles. The summed E-state index contributed by atoms with van der Waals surface area (Å²) in [6.45, 7) is 9.03. The van der Waals surface area contributed by atoms with Gasteiger partial charge < -0.3 is 18.8 Å². The highest BCUT2D eigenvalue weighted by molar-refractivity contribution is 9.10. The fraction of sp³-hybridized carbons (Fsp3) is 0.400. The second kappa shape index (κ2) is 6.92. The monoisotopic (exact) mass is 483 g/mol. The first-order valence-corrected chi connectivity index (χ1v) is 11.3. The van der Waals surface area contributed by atoms with Crippen LogP contribution in [0.1, 0.15) is 54.9 Å². The molecule has 1 saturated heterocycles. The molecule has 1 aliphatic carbocycles. The molecule has 6 heteroatoms. The van der Waals surface area contributed by atoms with Crippen molar-refractivity contribution in [2.24, 2.45) is 7.05 Å². The van der Waals surface area contributed by atoms with Gasteiger partial charge in [-0.05, 0) is 43.7 Å². The van der Waals surface area contributed by atoms with Crippen molar-refractivity contribution in [2.45, 2.75) is 45.0 Å². The SMILES string of the molecule is Cn1c2c(c3ccc(Br)cc31)C(=O)c1cc(OCC3COC(C)(C)O3)ccc1C2(C)C. The Labute approximate surface area is 190 Å². The normalized spacial score (nSPS) is 21.2. The van der Waals surface area contributed by atoms with E-state index in [1.54, 1.807) is 0 Å². The van der Waals surface area contributed by atoms with Crippen molar-refractivity contribution < 1.29 is 19.0 Å². The van der Waals surface area contributed by atoms with Gasteiger partial charge in [0.05, 0.1) is 12.2 Å². The van der Waals surface area contributed by atoms with Gasteiger partial charge in [0, 0.05) is 39.1 Å². The molecule has 0 radical (unpaired) electrons. The molecule has 2 aromatic carbocycles. The van der Waals surface area contributed by atoms with Gasteiger partial charge in [-0.2, -0.15) is 0 Å². The average Bonchev–Trinajstić information content (AvgIpc) is 3.21. The molecule has 162 valence electrons. The van der Waals surface area contributed by atoms with Crippen LogP contribution in [0, 0.1) is 0 Å². The number of carbonyl (C=O) groups is 1. The van der Waals surface area contributed by atoms with Crippen LogP contribution < -0.4 is 4.74 Å². The smallest absolute Gasteiger partial charge is 0.195 e. The van der Waals surface area contributed by atoms with Crippen LogP contribution in [0.3, 0.4) is 0 Å². The number of ether oxygens (including phenoxy) is 3. The summed E-state index contributed by atoms with van der Waals surface area (Å²) in [5, 5.41) is 0.981. The van der Waals surface area contributed by atoms with Gasteiger partial charge in [-0.15, -0.1) is 0 Å². The molecular formula is C25H26BrNO4. The van der Waals surface area contributed by atoms with Crippen LogP contribution >= 0.6 is 15.9 Å². The second-order valence-corrected chi connectivity index (χ2v) is 10.3. The number of benzene rings is 2. The van der Waals surface area contributed by atoms with Crippen molar-refractivity contribution in [2.75, 3.05) is 13.2 Å². The topological polar surface area (TPSA) is 49.7 Å². The number of aromatic nitrogens is 1. The van der Waals surface area contributed by atoms with E-state index in [1.165, 1.54) is 0 Å². The van der Waals surface area contributed by atoms with Crippen molar-refractivity contribution in [1.29, 1.82) is 0 Å². The molecular weight excluding hydrogens is 458 g/mol. The number of hydrogen-bond donors (Lipinski definition) is 0. The van der Waals surface area contributed by atoms with Crippen LogP contribution in [0.2, 0.25) is 0 Å². The first-order chi connectivity index (χ1) is 14.6. The Balaban J connectivity index is 1.53. The van der Waals surface area contributed by atoms with E-state index in [4.69, 9.17) is 14.2 Å². The molecule has 2 aliphatic rings. The third kappa shape index (κ3) is 3.23. The molecule has 5 rings (SSSR count). The number of nitrogens with zero attached hydrogens (tertiary/aromatic N) is 1. The van der Waals surface area contributed by atoms with Gasteiger partial charge in [0.1, 0.15) is 18.5 Å². The molecule has 3 aromatic rings. The Morgan fingerprint density at radius 3 is 2.65 bits per heavy atom. The van der Waals surface area contributed by atoms with Crippen LogP contribution in [0.4, 0.5) is 0 Å². The van der Waals surface area contributed by atoms with Crippen molar-refractivity contribution in [3.8, 4) is 5.75 Å². The highest BCUT2D eigenvalue weighted by Gasteiger charge is 2.41. The molecule has 1 aromatic heterocycles. The quantitative estimate of drug-likeness (QED) is 0.504. The summed E-state index contributed by atoms with van der Waals surface area (Å²) in [5.41, 5.74) is 4.29. The highest BCUT2D eigenvalue weighted by Crippen LogP contribution is 2.46. The van der Waals surface area contributed by atoms with E-state index in [1.807, 2.05) is 51.2 Å². The molecule has 1 fully saturated rings. The van der Waals surface area contributed by atoms with E-state index in [-0.39, 0.29) is 17.3 Å². The molecule has 0 spiro atoms. The standard InChI is InChI=1S/C25H26BrNO4/c1-24(2)19-9-7-15(29-12-16-13-30-25(3,4)31-16)11-18(19)22(28)21-17-8-6-14(26)10-20(17)27(5)23(21)24/h6-11,16H,12-13H2,1-5H3. The largest absolute Gasteiger partial charge is 0.491 e. The zero-order valence-electron chi connectivity index (χ0n) is 18.4. The van der Waals surface area contributed by atoms with Crippen LogP contribution in [-0.4, -0.2) is 35.5 Å². The Kier molecular flexibility index (Phi) is 4.63. The minimum atomic E-state index is -0.580. The summed E-state index contributed by atoms with van der Waals surface area (Å²) < 4.78 is 20.6. The highest BCUT2D eigenvalue weighted by atomic mass is 79.9. The summed E-state index contributed by atoms with van der Waals surface area (Å²) in [5.74, 6) is 0.135. The van der Waals surface area contributed by atoms with Gasteiger partial charge in [0.2, 0.25) is 0 Å². The molecule has 1 unspecified atom stereocenters. The Bertz CT molecular complexity index is 1220. The molecule has 0 amide bonds. The van der Waals surface area contributed by atoms with Crippen molar-refractivity contribution >= 4 is 32.6 Å². The Hall–Kier alpha value is -2.15. The fourth-order valence-corrected chi connectivity index (χ4v) is 5.36. The maximum Gasteiger partial charge on any atom is 0.195 e. The lowest BCUT2D eigenvalue weighted by Gasteiger charge is -2.33. The zero-order chi connectivity index (χ0) is 22.1. The molecule has 0 bridgehead atoms. The molecule has 31 heavy (non-hydrogen) atoms. The minimum absolute atomic E-state index is 0.0456. The summed E-state index contributed by atoms with van der Waals surface area (Å²) >= 11 is 3.56. The lowest BCUT2D eigenvalue weighted by Crippen LogP contribution is -2.32. The van der Waals surface area contributed by atoms with E-state index >= 15 is 0 Å². The third-order valence-electron chi connectivity index (χ3n) is 6.39. The van der Waals surface area contributed by atoms with Gasteiger partial charge in [-0.25, -0.2) is 0 Å². The molecule has 1 aliphatic heterocycles. The summed E-state index contributed by atoms with van der Waals surface area (Å²) in [6.07, 6.45) is -0.124. The van der Waals surface area contributed by atoms with E-state index in [0.717, 1.165) is 32.2 Å². The maximum absolute atomic E-state index is 13.7. The average molecular weight is 484 g/mol. The Morgan fingerprint density at radius 1 is 1.16 bits per heavy atom. The number of hydrogen-bond acceptors (Lipinski definition) is 4. The molecule has 0 N–H and O–H groups in total. The zero-order valence-corrected chi connectivity index (χ0v) is 20.0. The van der Waals surface area contributed by atoms with Crippen LogP contribution in [0.5, 0.6) is 5.75 Å². The predicted octanol–water partition coefficient (Wildman–Crippen LogP) is 5.34. The lowest BCUT2D eigenvalue weighted by atomic mass is 9.71. The molecule has 0 saturated carbocycles. The van der Waals surface area contributed by atoms with E-state index in [0.29, 0.717) is 24.5 Å². The number of fused-ring (bicyclic) bond motifs is 4. The molecule has 1 atom stereocenters. The van der Waals surface area contributed by atoms with Gasteiger partial charge in [0.15, 0.2) is 11.6 Å². The van der Waals surface area contributed by atoms with E-state index in [9.17, 15) is 4.79 Å². The third-order valence-corrected chi connectivity index (χ3v) is 6.89. The van der Waals surface area contributed by atoms with E-state index < -0.39 is 5.79 Å². The van der Waals surface area contributed by atoms with Crippen molar-refractivity contribution in [3.63, 3.8) is 0 Å². The summed E-state index contributed by atoms with van der Waals surface area (Å²) in [6, 6.07) is 11.9. The van der Waals surface area contributed by atoms with Crippen LogP contribution in [0.25, 0.3) is 10.9 Å². The van der Waals surface area contributed by atoms with Crippen LogP contribution in [-0.2, 0) is 21.9 Å².